The fourth-order valence-electron chi connectivity index (χ4n) is 3.05. The zero-order valence-corrected chi connectivity index (χ0v) is 14.0. The van der Waals surface area contributed by atoms with Crippen molar-refractivity contribution in [3.63, 3.8) is 0 Å². The number of rotatable bonds is 4. The monoisotopic (exact) mass is 295 g/mol. The topological polar surface area (TPSA) is 12.5 Å². The number of fused-ring (bicyclic) bond motifs is 2. The van der Waals surface area contributed by atoms with Crippen LogP contribution in [0, 0.1) is 0 Å². The highest BCUT2D eigenvalue weighted by Crippen LogP contribution is 2.47. The lowest BCUT2D eigenvalue weighted by Gasteiger charge is -2.32. The molecule has 3 rings (SSSR count). The Morgan fingerprint density at radius 1 is 0.955 bits per heavy atom. The van der Waals surface area contributed by atoms with E-state index in [4.69, 9.17) is 4.74 Å². The molecule has 0 aromatic heterocycles. The van der Waals surface area contributed by atoms with Crippen LogP contribution in [0.5, 0.6) is 11.5 Å². The second kappa shape index (κ2) is 6.04. The van der Waals surface area contributed by atoms with Crippen LogP contribution in [0.25, 0.3) is 0 Å². The molecule has 1 aliphatic heterocycles. The van der Waals surface area contributed by atoms with E-state index in [1.54, 1.807) is 0 Å². The van der Waals surface area contributed by atoms with Gasteiger partial charge in [-0.1, -0.05) is 32.9 Å². The van der Waals surface area contributed by atoms with E-state index in [1.165, 1.54) is 22.5 Å². The predicted octanol–water partition coefficient (Wildman–Crippen LogP) is 6.03. The molecule has 1 atom stereocenters. The molecule has 0 saturated carbocycles. The fourth-order valence-corrected chi connectivity index (χ4v) is 3.05. The molecule has 0 spiro atoms. The van der Waals surface area contributed by atoms with Crippen LogP contribution in [-0.4, -0.2) is 6.54 Å². The zero-order valence-electron chi connectivity index (χ0n) is 14.0. The Hall–Kier alpha value is -1.96. The van der Waals surface area contributed by atoms with Gasteiger partial charge in [-0.15, -0.1) is 0 Å². The SMILES string of the molecule is CCc1ccc2c(c1)Oc1cc(C(C)CC)ccc1N2CC. The van der Waals surface area contributed by atoms with Crippen molar-refractivity contribution in [2.24, 2.45) is 0 Å². The quantitative estimate of drug-likeness (QED) is 0.683. The fraction of sp³-hybridized carbons (Fsp3) is 0.400. The van der Waals surface area contributed by atoms with E-state index in [2.05, 4.69) is 69.0 Å². The average molecular weight is 295 g/mol. The van der Waals surface area contributed by atoms with Gasteiger partial charge in [0.1, 0.15) is 0 Å². The lowest BCUT2D eigenvalue weighted by Crippen LogP contribution is -2.20. The molecule has 0 radical (unpaired) electrons. The number of aryl methyl sites for hydroxylation is 1. The number of ether oxygens (including phenoxy) is 1. The molecule has 0 bridgehead atoms. The molecule has 116 valence electrons. The Bertz CT molecular complexity index is 677. The van der Waals surface area contributed by atoms with E-state index in [1.807, 2.05) is 0 Å². The van der Waals surface area contributed by atoms with Crippen LogP contribution >= 0.6 is 0 Å². The third-order valence-corrected chi connectivity index (χ3v) is 4.72. The molecular formula is C20H25NO. The zero-order chi connectivity index (χ0) is 15.7. The van der Waals surface area contributed by atoms with Gasteiger partial charge in [-0.3, -0.25) is 0 Å². The van der Waals surface area contributed by atoms with Gasteiger partial charge in [0.15, 0.2) is 11.5 Å². The second-order valence-corrected chi connectivity index (χ2v) is 6.04. The Labute approximate surface area is 133 Å². The molecule has 0 aliphatic carbocycles. The Kier molecular flexibility index (Phi) is 4.10. The maximum atomic E-state index is 6.25. The van der Waals surface area contributed by atoms with Crippen LogP contribution in [0.2, 0.25) is 0 Å². The predicted molar refractivity (Wildman–Crippen MR) is 93.7 cm³/mol. The molecule has 2 aromatic rings. The summed E-state index contributed by atoms with van der Waals surface area (Å²) in [5, 5.41) is 0. The molecule has 22 heavy (non-hydrogen) atoms. The molecule has 2 nitrogen and oxygen atoms in total. The highest BCUT2D eigenvalue weighted by molar-refractivity contribution is 5.78. The highest BCUT2D eigenvalue weighted by atomic mass is 16.5. The van der Waals surface area contributed by atoms with Crippen molar-refractivity contribution in [3.05, 3.63) is 47.5 Å². The normalized spacial score (nSPS) is 14.1. The van der Waals surface area contributed by atoms with Crippen molar-refractivity contribution in [3.8, 4) is 11.5 Å². The van der Waals surface area contributed by atoms with E-state index in [-0.39, 0.29) is 0 Å². The van der Waals surface area contributed by atoms with E-state index < -0.39 is 0 Å². The van der Waals surface area contributed by atoms with Gasteiger partial charge in [0.05, 0.1) is 11.4 Å². The van der Waals surface area contributed by atoms with Gasteiger partial charge >= 0.3 is 0 Å². The van der Waals surface area contributed by atoms with Gasteiger partial charge in [-0.2, -0.15) is 0 Å². The summed E-state index contributed by atoms with van der Waals surface area (Å²) in [4.78, 5) is 2.34. The first kappa shape index (κ1) is 15.0. The second-order valence-electron chi connectivity index (χ2n) is 6.04. The third kappa shape index (κ3) is 2.47. The highest BCUT2D eigenvalue weighted by Gasteiger charge is 2.24. The van der Waals surface area contributed by atoms with Crippen LogP contribution in [0.15, 0.2) is 36.4 Å². The first-order valence-electron chi connectivity index (χ1n) is 8.40. The number of hydrogen-bond acceptors (Lipinski definition) is 2. The molecule has 2 heteroatoms. The van der Waals surface area contributed by atoms with Crippen LogP contribution < -0.4 is 9.64 Å². The van der Waals surface area contributed by atoms with Crippen LogP contribution in [0.3, 0.4) is 0 Å². The largest absolute Gasteiger partial charge is 0.453 e. The van der Waals surface area contributed by atoms with Gasteiger partial charge in [0, 0.05) is 6.54 Å². The summed E-state index contributed by atoms with van der Waals surface area (Å²) in [5.41, 5.74) is 5.01. The summed E-state index contributed by atoms with van der Waals surface area (Å²) in [6.45, 7) is 9.81. The average Bonchev–Trinajstić information content (AvgIpc) is 2.57. The summed E-state index contributed by atoms with van der Waals surface area (Å²) in [7, 11) is 0. The van der Waals surface area contributed by atoms with Crippen molar-refractivity contribution in [2.75, 3.05) is 11.4 Å². The molecule has 2 aromatic carbocycles. The lowest BCUT2D eigenvalue weighted by atomic mass is 9.97. The van der Waals surface area contributed by atoms with E-state index in [0.717, 1.165) is 30.9 Å². The minimum atomic E-state index is 0.562. The van der Waals surface area contributed by atoms with Crippen LogP contribution in [0.1, 0.15) is 51.2 Å². The number of benzene rings is 2. The summed E-state index contributed by atoms with van der Waals surface area (Å²) in [6, 6.07) is 13.2. The number of nitrogens with zero attached hydrogens (tertiary/aromatic N) is 1. The first-order chi connectivity index (χ1) is 10.7. The van der Waals surface area contributed by atoms with Crippen molar-refractivity contribution >= 4 is 11.4 Å². The maximum Gasteiger partial charge on any atom is 0.151 e. The summed E-state index contributed by atoms with van der Waals surface area (Å²) < 4.78 is 6.25. The van der Waals surface area contributed by atoms with E-state index in [0.29, 0.717) is 5.92 Å². The summed E-state index contributed by atoms with van der Waals surface area (Å²) >= 11 is 0. The minimum Gasteiger partial charge on any atom is -0.453 e. The van der Waals surface area contributed by atoms with Crippen molar-refractivity contribution in [1.29, 1.82) is 0 Å². The molecule has 0 N–H and O–H groups in total. The lowest BCUT2D eigenvalue weighted by molar-refractivity contribution is 0.471. The van der Waals surface area contributed by atoms with Crippen molar-refractivity contribution < 1.29 is 4.74 Å². The van der Waals surface area contributed by atoms with Gasteiger partial charge in [-0.05, 0) is 61.1 Å². The standard InChI is InChI=1S/C20H25NO/c1-5-14(4)16-9-11-18-20(13-16)22-19-12-15(6-2)8-10-17(19)21(18)7-3/h8-14H,5-7H2,1-4H3. The third-order valence-electron chi connectivity index (χ3n) is 4.72. The number of hydrogen-bond donors (Lipinski definition) is 0. The van der Waals surface area contributed by atoms with Gasteiger partial charge in [0.2, 0.25) is 0 Å². The molecule has 1 heterocycles. The molecule has 0 amide bonds. The maximum absolute atomic E-state index is 6.25. The summed E-state index contributed by atoms with van der Waals surface area (Å²) in [5.74, 6) is 2.53. The van der Waals surface area contributed by atoms with Crippen molar-refractivity contribution in [1.82, 2.24) is 0 Å². The van der Waals surface area contributed by atoms with Gasteiger partial charge in [0.25, 0.3) is 0 Å². The van der Waals surface area contributed by atoms with Gasteiger partial charge < -0.3 is 9.64 Å². The molecule has 0 fully saturated rings. The molecular weight excluding hydrogens is 270 g/mol. The Morgan fingerprint density at radius 3 is 2.27 bits per heavy atom. The molecule has 0 saturated heterocycles. The van der Waals surface area contributed by atoms with E-state index >= 15 is 0 Å². The molecule has 1 aliphatic rings. The Balaban J connectivity index is 2.06. The smallest absolute Gasteiger partial charge is 0.151 e. The Morgan fingerprint density at radius 2 is 1.64 bits per heavy atom. The summed E-state index contributed by atoms with van der Waals surface area (Å²) in [6.07, 6.45) is 2.18. The van der Waals surface area contributed by atoms with Crippen LogP contribution in [0.4, 0.5) is 11.4 Å². The molecule has 1 unspecified atom stereocenters. The van der Waals surface area contributed by atoms with Crippen molar-refractivity contribution in [2.45, 2.75) is 46.5 Å². The van der Waals surface area contributed by atoms with E-state index in [9.17, 15) is 0 Å². The van der Waals surface area contributed by atoms with Gasteiger partial charge in [-0.25, -0.2) is 0 Å². The minimum absolute atomic E-state index is 0.562. The van der Waals surface area contributed by atoms with Crippen LogP contribution in [-0.2, 0) is 6.42 Å². The number of anilines is 2. The first-order valence-corrected chi connectivity index (χ1v) is 8.40.